The predicted molar refractivity (Wildman–Crippen MR) is 112 cm³/mol. The molecule has 0 saturated carbocycles. The van der Waals surface area contributed by atoms with Gasteiger partial charge in [0.2, 0.25) is 5.75 Å². The van der Waals surface area contributed by atoms with Gasteiger partial charge in [-0.1, -0.05) is 5.16 Å². The zero-order chi connectivity index (χ0) is 21.8. The molecule has 30 heavy (non-hydrogen) atoms. The van der Waals surface area contributed by atoms with Crippen molar-refractivity contribution in [1.82, 2.24) is 4.98 Å². The molecule has 0 radical (unpaired) electrons. The second kappa shape index (κ2) is 12.3. The summed E-state index contributed by atoms with van der Waals surface area (Å²) in [7, 11) is 4.67. The Balaban J connectivity index is 2.21. The summed E-state index contributed by atoms with van der Waals surface area (Å²) in [6.07, 6.45) is 5.10. The molecular weight excluding hydrogens is 388 g/mol. The molecule has 0 saturated heterocycles. The molecule has 0 N–H and O–H groups in total. The monoisotopic (exact) mass is 416 g/mol. The predicted octanol–water partition coefficient (Wildman–Crippen LogP) is 3.61. The largest absolute Gasteiger partial charge is 0.493 e. The van der Waals surface area contributed by atoms with Crippen molar-refractivity contribution < 1.29 is 28.6 Å². The number of methoxy groups -OCH3 is 3. The number of esters is 1. The Hall–Kier alpha value is -3.29. The first-order valence-electron chi connectivity index (χ1n) is 9.70. The van der Waals surface area contributed by atoms with Crippen LogP contribution in [0.5, 0.6) is 17.2 Å². The average Bonchev–Trinajstić information content (AvgIpc) is 2.78. The number of benzene rings is 1. The molecule has 1 aromatic carbocycles. The highest BCUT2D eigenvalue weighted by Gasteiger charge is 2.18. The molecule has 0 unspecified atom stereocenters. The fourth-order valence-corrected chi connectivity index (χ4v) is 2.77. The van der Waals surface area contributed by atoms with Gasteiger partial charge in [0.05, 0.1) is 27.9 Å². The Bertz CT molecular complexity index is 814. The number of unbranched alkanes of at least 4 members (excludes halogenated alkanes) is 1. The van der Waals surface area contributed by atoms with E-state index in [-0.39, 0.29) is 5.97 Å². The number of hydrogen-bond acceptors (Lipinski definition) is 8. The van der Waals surface area contributed by atoms with Crippen molar-refractivity contribution in [1.29, 1.82) is 0 Å². The summed E-state index contributed by atoms with van der Waals surface area (Å²) in [4.78, 5) is 21.1. The van der Waals surface area contributed by atoms with Gasteiger partial charge in [0.1, 0.15) is 12.3 Å². The number of pyridine rings is 1. The first-order chi connectivity index (χ1) is 14.6. The van der Waals surface area contributed by atoms with Crippen LogP contribution in [0.4, 0.5) is 0 Å². The molecule has 8 heteroatoms. The molecule has 0 spiro atoms. The molecule has 162 valence electrons. The first-order valence-corrected chi connectivity index (χ1v) is 9.70. The van der Waals surface area contributed by atoms with E-state index in [1.807, 2.05) is 12.1 Å². The third-order valence-corrected chi connectivity index (χ3v) is 4.20. The van der Waals surface area contributed by atoms with Crippen LogP contribution in [-0.4, -0.2) is 51.2 Å². The zero-order valence-corrected chi connectivity index (χ0v) is 17.8. The van der Waals surface area contributed by atoms with E-state index in [4.69, 9.17) is 23.8 Å². The first kappa shape index (κ1) is 23.0. The maximum atomic E-state index is 11.4. The van der Waals surface area contributed by atoms with Crippen LogP contribution in [0.2, 0.25) is 0 Å². The molecule has 0 aliphatic carbocycles. The second-order valence-corrected chi connectivity index (χ2v) is 6.19. The second-order valence-electron chi connectivity index (χ2n) is 6.19. The quantitative estimate of drug-likeness (QED) is 0.226. The lowest BCUT2D eigenvalue weighted by Crippen LogP contribution is -2.08. The van der Waals surface area contributed by atoms with Crippen LogP contribution in [0.15, 0.2) is 41.8 Å². The number of hydrogen-bond donors (Lipinski definition) is 0. The highest BCUT2D eigenvalue weighted by molar-refractivity contribution is 6.13. The SMILES string of the molecule is CCOC(=O)CCCCON=C(c1cccnc1)c1cc(OC)c(OC)c(OC)c1. The van der Waals surface area contributed by atoms with Gasteiger partial charge in [0.25, 0.3) is 0 Å². The van der Waals surface area contributed by atoms with Crippen LogP contribution in [0.3, 0.4) is 0 Å². The van der Waals surface area contributed by atoms with Gasteiger partial charge in [-0.25, -0.2) is 0 Å². The summed E-state index contributed by atoms with van der Waals surface area (Å²) in [5.41, 5.74) is 2.08. The Kier molecular flexibility index (Phi) is 9.44. The molecule has 0 bridgehead atoms. The highest BCUT2D eigenvalue weighted by atomic mass is 16.6. The minimum atomic E-state index is -0.200. The normalized spacial score (nSPS) is 11.0. The van der Waals surface area contributed by atoms with Crippen molar-refractivity contribution in [2.75, 3.05) is 34.5 Å². The molecule has 0 aliphatic heterocycles. The lowest BCUT2D eigenvalue weighted by molar-refractivity contribution is -0.143. The van der Waals surface area contributed by atoms with Crippen molar-refractivity contribution in [2.24, 2.45) is 5.16 Å². The third kappa shape index (κ3) is 6.37. The van der Waals surface area contributed by atoms with Gasteiger partial charge in [-0.05, 0) is 44.0 Å². The molecule has 0 fully saturated rings. The van der Waals surface area contributed by atoms with Gasteiger partial charge < -0.3 is 23.8 Å². The molecule has 0 atom stereocenters. The maximum absolute atomic E-state index is 11.4. The lowest BCUT2D eigenvalue weighted by atomic mass is 10.0. The van der Waals surface area contributed by atoms with Crippen molar-refractivity contribution >= 4 is 11.7 Å². The topological polar surface area (TPSA) is 88.5 Å². The zero-order valence-electron chi connectivity index (χ0n) is 17.8. The minimum Gasteiger partial charge on any atom is -0.493 e. The van der Waals surface area contributed by atoms with Crippen molar-refractivity contribution in [2.45, 2.75) is 26.2 Å². The smallest absolute Gasteiger partial charge is 0.305 e. The number of oxime groups is 1. The van der Waals surface area contributed by atoms with E-state index in [1.54, 1.807) is 52.8 Å². The summed E-state index contributed by atoms with van der Waals surface area (Å²) < 4.78 is 21.2. The molecular formula is C22H28N2O6. The molecule has 2 aromatic rings. The molecule has 2 rings (SSSR count). The van der Waals surface area contributed by atoms with Crippen LogP contribution in [0.1, 0.15) is 37.3 Å². The third-order valence-electron chi connectivity index (χ3n) is 4.20. The number of carbonyl (C=O) groups excluding carboxylic acids is 1. The molecule has 1 aromatic heterocycles. The van der Waals surface area contributed by atoms with E-state index in [2.05, 4.69) is 10.1 Å². The summed E-state index contributed by atoms with van der Waals surface area (Å²) in [5, 5.41) is 4.33. The maximum Gasteiger partial charge on any atom is 0.305 e. The van der Waals surface area contributed by atoms with E-state index >= 15 is 0 Å². The van der Waals surface area contributed by atoms with Crippen LogP contribution in [0.25, 0.3) is 0 Å². The van der Waals surface area contributed by atoms with Gasteiger partial charge in [-0.15, -0.1) is 0 Å². The number of carbonyl (C=O) groups is 1. The van der Waals surface area contributed by atoms with Gasteiger partial charge in [-0.3, -0.25) is 9.78 Å². The van der Waals surface area contributed by atoms with Crippen molar-refractivity contribution in [3.05, 3.63) is 47.8 Å². The number of aromatic nitrogens is 1. The summed E-state index contributed by atoms with van der Waals surface area (Å²) in [5.74, 6) is 1.32. The van der Waals surface area contributed by atoms with Gasteiger partial charge in [-0.2, -0.15) is 0 Å². The average molecular weight is 416 g/mol. The summed E-state index contributed by atoms with van der Waals surface area (Å²) in [6, 6.07) is 7.32. The fraction of sp³-hybridized carbons (Fsp3) is 0.409. The lowest BCUT2D eigenvalue weighted by Gasteiger charge is -2.15. The molecule has 1 heterocycles. The van der Waals surface area contributed by atoms with Gasteiger partial charge in [0, 0.05) is 29.9 Å². The van der Waals surface area contributed by atoms with E-state index in [0.29, 0.717) is 55.4 Å². The van der Waals surface area contributed by atoms with Crippen molar-refractivity contribution in [3.8, 4) is 17.2 Å². The van der Waals surface area contributed by atoms with E-state index in [0.717, 1.165) is 11.1 Å². The van der Waals surface area contributed by atoms with Crippen molar-refractivity contribution in [3.63, 3.8) is 0 Å². The van der Waals surface area contributed by atoms with Gasteiger partial charge in [0.15, 0.2) is 11.5 Å². The van der Waals surface area contributed by atoms with Crippen LogP contribution in [-0.2, 0) is 14.4 Å². The minimum absolute atomic E-state index is 0.200. The Morgan fingerprint density at radius 1 is 1.03 bits per heavy atom. The number of rotatable bonds is 12. The van der Waals surface area contributed by atoms with E-state index in [9.17, 15) is 4.79 Å². The Morgan fingerprint density at radius 2 is 1.77 bits per heavy atom. The molecule has 0 aliphatic rings. The Labute approximate surface area is 176 Å². The number of nitrogens with zero attached hydrogens (tertiary/aromatic N) is 2. The highest BCUT2D eigenvalue weighted by Crippen LogP contribution is 2.38. The van der Waals surface area contributed by atoms with E-state index < -0.39 is 0 Å². The summed E-state index contributed by atoms with van der Waals surface area (Å²) >= 11 is 0. The van der Waals surface area contributed by atoms with E-state index in [1.165, 1.54) is 0 Å². The fourth-order valence-electron chi connectivity index (χ4n) is 2.77. The Morgan fingerprint density at radius 3 is 2.33 bits per heavy atom. The molecule has 8 nitrogen and oxygen atoms in total. The summed E-state index contributed by atoms with van der Waals surface area (Å²) in [6.45, 7) is 2.55. The van der Waals surface area contributed by atoms with Crippen LogP contribution >= 0.6 is 0 Å². The van der Waals surface area contributed by atoms with Crippen LogP contribution < -0.4 is 14.2 Å². The van der Waals surface area contributed by atoms with Crippen LogP contribution in [0, 0.1) is 0 Å². The van der Waals surface area contributed by atoms with Gasteiger partial charge >= 0.3 is 5.97 Å². The standard InChI is InChI=1S/C22H28N2O6/c1-5-29-20(25)10-6-7-12-30-24-21(16-9-8-11-23-15-16)17-13-18(26-2)22(28-4)19(14-17)27-3/h8-9,11,13-15H,5-7,10,12H2,1-4H3. The molecule has 0 amide bonds. The number of ether oxygens (including phenoxy) is 4.